The average molecular weight is 398 g/mol. The summed E-state index contributed by atoms with van der Waals surface area (Å²) in [7, 11) is 1.79. The lowest BCUT2D eigenvalue weighted by molar-refractivity contribution is -0.119. The second-order valence-corrected chi connectivity index (χ2v) is 8.55. The van der Waals surface area contributed by atoms with Gasteiger partial charge in [-0.1, -0.05) is 72.1 Å². The summed E-state index contributed by atoms with van der Waals surface area (Å²) in [5, 5.41) is 0. The maximum atomic E-state index is 12.1. The van der Waals surface area contributed by atoms with Gasteiger partial charge in [0.2, 0.25) is 0 Å². The molecule has 1 unspecified atom stereocenters. The number of ketones is 1. The molecule has 28 heavy (non-hydrogen) atoms. The van der Waals surface area contributed by atoms with Gasteiger partial charge in [-0.05, 0) is 57.7 Å². The van der Waals surface area contributed by atoms with Gasteiger partial charge in [0.05, 0.1) is 0 Å². The lowest BCUT2D eigenvalue weighted by Crippen LogP contribution is -2.26. The van der Waals surface area contributed by atoms with Crippen LogP contribution in [0.4, 0.5) is 0 Å². The predicted octanol–water partition coefficient (Wildman–Crippen LogP) is 7.03. The van der Waals surface area contributed by atoms with Crippen LogP contribution in [0, 0.1) is 5.92 Å². The Morgan fingerprint density at radius 1 is 0.750 bits per heavy atom. The SMILES string of the molecule is CCCCCCCC(=O)CCC(CCCCN(CC)CCCCCC)COC. The van der Waals surface area contributed by atoms with Gasteiger partial charge >= 0.3 is 0 Å². The van der Waals surface area contributed by atoms with Gasteiger partial charge < -0.3 is 9.64 Å². The summed E-state index contributed by atoms with van der Waals surface area (Å²) >= 11 is 0. The molecule has 3 nitrogen and oxygen atoms in total. The molecular formula is C25H51NO2. The fraction of sp³-hybridized carbons (Fsp3) is 0.960. The maximum absolute atomic E-state index is 12.1. The third kappa shape index (κ3) is 17.7. The molecule has 0 aromatic carbocycles. The molecule has 0 aromatic heterocycles. The molecule has 0 N–H and O–H groups in total. The van der Waals surface area contributed by atoms with Crippen LogP contribution in [0.1, 0.15) is 117 Å². The highest BCUT2D eigenvalue weighted by Gasteiger charge is 2.12. The number of carbonyl (C=O) groups is 1. The largest absolute Gasteiger partial charge is 0.384 e. The molecule has 0 aliphatic heterocycles. The quantitative estimate of drug-likeness (QED) is 0.184. The van der Waals surface area contributed by atoms with Crippen LogP contribution in [-0.2, 0) is 9.53 Å². The van der Waals surface area contributed by atoms with Crippen molar-refractivity contribution in [3.05, 3.63) is 0 Å². The minimum Gasteiger partial charge on any atom is -0.384 e. The van der Waals surface area contributed by atoms with Crippen LogP contribution in [0.15, 0.2) is 0 Å². The molecule has 0 amide bonds. The molecule has 0 saturated carbocycles. The number of ether oxygens (including phenoxy) is 1. The van der Waals surface area contributed by atoms with E-state index in [1.807, 2.05) is 0 Å². The number of nitrogens with zero attached hydrogens (tertiary/aromatic N) is 1. The van der Waals surface area contributed by atoms with Gasteiger partial charge in [-0.15, -0.1) is 0 Å². The highest BCUT2D eigenvalue weighted by Crippen LogP contribution is 2.17. The number of Topliss-reactive ketones (excluding diaryl/α,β-unsaturated/α-hetero) is 1. The first kappa shape index (κ1) is 27.6. The summed E-state index contributed by atoms with van der Waals surface area (Å²) in [6.07, 6.45) is 17.8. The van der Waals surface area contributed by atoms with Gasteiger partial charge in [0.1, 0.15) is 5.78 Å². The third-order valence-corrected chi connectivity index (χ3v) is 5.90. The van der Waals surface area contributed by atoms with Crippen LogP contribution in [0.25, 0.3) is 0 Å². The van der Waals surface area contributed by atoms with Crippen molar-refractivity contribution in [2.45, 2.75) is 117 Å². The first-order valence-corrected chi connectivity index (χ1v) is 12.4. The lowest BCUT2D eigenvalue weighted by Gasteiger charge is -2.21. The Balaban J connectivity index is 3.86. The molecule has 0 spiro atoms. The van der Waals surface area contributed by atoms with Crippen molar-refractivity contribution in [3.8, 4) is 0 Å². The van der Waals surface area contributed by atoms with E-state index in [0.717, 1.165) is 32.3 Å². The zero-order chi connectivity index (χ0) is 20.9. The highest BCUT2D eigenvalue weighted by atomic mass is 16.5. The summed E-state index contributed by atoms with van der Waals surface area (Å²) in [5.41, 5.74) is 0. The van der Waals surface area contributed by atoms with Crippen LogP contribution in [-0.4, -0.2) is 44.0 Å². The standard InChI is InChI=1S/C25H51NO2/c1-5-8-10-12-13-18-25(27)20-19-24(23-28-4)17-14-16-22-26(7-3)21-15-11-9-6-2/h24H,5-23H2,1-4H3. The summed E-state index contributed by atoms with van der Waals surface area (Å²) in [5.74, 6) is 1.01. The zero-order valence-corrected chi connectivity index (χ0v) is 19.8. The summed E-state index contributed by atoms with van der Waals surface area (Å²) < 4.78 is 5.42. The van der Waals surface area contributed by atoms with Crippen molar-refractivity contribution in [2.75, 3.05) is 33.4 Å². The fourth-order valence-corrected chi connectivity index (χ4v) is 3.92. The molecule has 1 atom stereocenters. The molecule has 0 aliphatic rings. The molecule has 0 fully saturated rings. The van der Waals surface area contributed by atoms with E-state index < -0.39 is 0 Å². The highest BCUT2D eigenvalue weighted by molar-refractivity contribution is 5.78. The van der Waals surface area contributed by atoms with Gasteiger partial charge in [-0.2, -0.15) is 0 Å². The van der Waals surface area contributed by atoms with Gasteiger partial charge in [0.25, 0.3) is 0 Å². The number of methoxy groups -OCH3 is 1. The molecule has 0 rings (SSSR count). The van der Waals surface area contributed by atoms with E-state index in [1.165, 1.54) is 90.3 Å². The Kier molecular flexibility index (Phi) is 21.0. The van der Waals surface area contributed by atoms with Crippen molar-refractivity contribution in [3.63, 3.8) is 0 Å². The Labute approximate surface area is 177 Å². The predicted molar refractivity (Wildman–Crippen MR) is 123 cm³/mol. The van der Waals surface area contributed by atoms with E-state index in [2.05, 4.69) is 25.7 Å². The Bertz CT molecular complexity index is 333. The fourth-order valence-electron chi connectivity index (χ4n) is 3.92. The van der Waals surface area contributed by atoms with Crippen LogP contribution in [0.2, 0.25) is 0 Å². The second-order valence-electron chi connectivity index (χ2n) is 8.55. The molecular weight excluding hydrogens is 346 g/mol. The number of hydrogen-bond acceptors (Lipinski definition) is 3. The Morgan fingerprint density at radius 3 is 1.96 bits per heavy atom. The van der Waals surface area contributed by atoms with E-state index in [1.54, 1.807) is 7.11 Å². The van der Waals surface area contributed by atoms with Crippen LogP contribution in [0.3, 0.4) is 0 Å². The number of hydrogen-bond donors (Lipinski definition) is 0. The molecule has 0 bridgehead atoms. The monoisotopic (exact) mass is 397 g/mol. The average Bonchev–Trinajstić information content (AvgIpc) is 2.70. The number of unbranched alkanes of at least 4 members (excludes halogenated alkanes) is 8. The van der Waals surface area contributed by atoms with Gasteiger partial charge in [0.15, 0.2) is 0 Å². The Hall–Kier alpha value is -0.410. The number of carbonyl (C=O) groups excluding carboxylic acids is 1. The van der Waals surface area contributed by atoms with Crippen molar-refractivity contribution < 1.29 is 9.53 Å². The summed E-state index contributed by atoms with van der Waals surface area (Å²) in [6.45, 7) is 11.2. The third-order valence-electron chi connectivity index (χ3n) is 5.90. The van der Waals surface area contributed by atoms with Crippen molar-refractivity contribution in [1.29, 1.82) is 0 Å². The van der Waals surface area contributed by atoms with Crippen molar-refractivity contribution >= 4 is 5.78 Å². The lowest BCUT2D eigenvalue weighted by atomic mass is 9.95. The van der Waals surface area contributed by atoms with Gasteiger partial charge in [-0.25, -0.2) is 0 Å². The second kappa shape index (κ2) is 21.3. The van der Waals surface area contributed by atoms with Crippen molar-refractivity contribution in [1.82, 2.24) is 4.90 Å². The maximum Gasteiger partial charge on any atom is 0.132 e. The first-order chi connectivity index (χ1) is 13.7. The molecule has 168 valence electrons. The summed E-state index contributed by atoms with van der Waals surface area (Å²) in [6, 6.07) is 0. The molecule has 0 aliphatic carbocycles. The van der Waals surface area contributed by atoms with E-state index in [4.69, 9.17) is 4.74 Å². The number of rotatable bonds is 22. The summed E-state index contributed by atoms with van der Waals surface area (Å²) in [4.78, 5) is 14.7. The minimum absolute atomic E-state index is 0.460. The topological polar surface area (TPSA) is 29.5 Å². The normalized spacial score (nSPS) is 12.6. The zero-order valence-electron chi connectivity index (χ0n) is 19.8. The van der Waals surface area contributed by atoms with Gasteiger partial charge in [0, 0.05) is 26.6 Å². The van der Waals surface area contributed by atoms with Crippen LogP contribution >= 0.6 is 0 Å². The molecule has 0 saturated heterocycles. The molecule has 0 radical (unpaired) electrons. The van der Waals surface area contributed by atoms with E-state index in [-0.39, 0.29) is 0 Å². The minimum atomic E-state index is 0.460. The first-order valence-electron chi connectivity index (χ1n) is 12.4. The van der Waals surface area contributed by atoms with Crippen molar-refractivity contribution in [2.24, 2.45) is 5.92 Å². The van der Waals surface area contributed by atoms with E-state index in [9.17, 15) is 4.79 Å². The van der Waals surface area contributed by atoms with Gasteiger partial charge in [-0.3, -0.25) is 4.79 Å². The Morgan fingerprint density at radius 2 is 1.36 bits per heavy atom. The molecule has 0 heterocycles. The molecule has 3 heteroatoms. The van der Waals surface area contributed by atoms with E-state index >= 15 is 0 Å². The van der Waals surface area contributed by atoms with E-state index in [0.29, 0.717) is 11.7 Å². The molecule has 0 aromatic rings. The van der Waals surface area contributed by atoms with Crippen LogP contribution in [0.5, 0.6) is 0 Å². The van der Waals surface area contributed by atoms with Crippen LogP contribution < -0.4 is 0 Å². The smallest absolute Gasteiger partial charge is 0.132 e.